The van der Waals surface area contributed by atoms with Crippen molar-refractivity contribution >= 4 is 29.7 Å². The summed E-state index contributed by atoms with van der Waals surface area (Å²) in [4.78, 5) is 52.8. The van der Waals surface area contributed by atoms with Crippen LogP contribution in [0.2, 0.25) is 0 Å². The summed E-state index contributed by atoms with van der Waals surface area (Å²) in [5.74, 6) is 0.181. The van der Waals surface area contributed by atoms with Crippen LogP contribution < -0.4 is 0 Å². The van der Waals surface area contributed by atoms with Gasteiger partial charge in [-0.05, 0) is 84.9 Å². The van der Waals surface area contributed by atoms with E-state index in [1.54, 1.807) is 0 Å². The van der Waals surface area contributed by atoms with Gasteiger partial charge >= 0.3 is 5.97 Å². The lowest BCUT2D eigenvalue weighted by atomic mass is 9.43. The van der Waals surface area contributed by atoms with Gasteiger partial charge in [-0.3, -0.25) is 24.0 Å². The summed E-state index contributed by atoms with van der Waals surface area (Å²) in [5.41, 5.74) is 0.147. The molecule has 11 nitrogen and oxygen atoms in total. The van der Waals surface area contributed by atoms with E-state index < -0.39 is 24.0 Å². The molecule has 5 aliphatic carbocycles. The van der Waals surface area contributed by atoms with Gasteiger partial charge in [-0.15, -0.1) is 12.8 Å². The van der Waals surface area contributed by atoms with Crippen molar-refractivity contribution in [1.82, 2.24) is 0 Å². The Balaban J connectivity index is 0.000000588. The molecular weight excluding hydrogens is 608 g/mol. The Bertz CT molecular complexity index is 1110. The van der Waals surface area contributed by atoms with Crippen LogP contribution in [0, 0.1) is 70.5 Å². The summed E-state index contributed by atoms with van der Waals surface area (Å²) in [6, 6.07) is 0. The van der Waals surface area contributed by atoms with Gasteiger partial charge in [0.1, 0.15) is 12.2 Å². The van der Waals surface area contributed by atoms with Gasteiger partial charge in [0.05, 0.1) is 6.42 Å². The topological polar surface area (TPSA) is 196 Å². The number of ether oxygens (including phenoxy) is 1. The summed E-state index contributed by atoms with van der Waals surface area (Å²) in [6.45, 7) is 12.8. The van der Waals surface area contributed by atoms with Gasteiger partial charge < -0.3 is 30.3 Å². The molecule has 5 N–H and O–H groups in total. The van der Waals surface area contributed by atoms with E-state index >= 15 is 0 Å². The molecule has 0 bridgehead atoms. The maximum Gasteiger partial charge on any atom is 0.306 e. The van der Waals surface area contributed by atoms with Crippen molar-refractivity contribution in [2.45, 2.75) is 118 Å². The molecule has 6 aliphatic rings. The molecule has 5 saturated carbocycles. The Labute approximate surface area is 279 Å². The summed E-state index contributed by atoms with van der Waals surface area (Å²) < 4.78 is 5.82. The van der Waals surface area contributed by atoms with E-state index in [9.17, 15) is 14.7 Å². The maximum absolute atomic E-state index is 13.5. The zero-order valence-corrected chi connectivity index (χ0v) is 29.4. The molecule has 11 heteroatoms. The molecule has 1 heterocycles. The van der Waals surface area contributed by atoms with E-state index in [0.29, 0.717) is 36.0 Å². The summed E-state index contributed by atoms with van der Waals surface area (Å²) in [6.07, 6.45) is 16.7. The SMILES string of the molecule is C#C.CC(=O)O.CC(=O)O.CC(=O)O.CO.C[C@@H]1C[C@@H]2OC(=O)C[C@]2(C)C2CC3C4C(CC[C@]3(C)C21)[C@@]1(C)CCCCC1C(=O)[C@@H]4O. The molecule has 0 radical (unpaired) electrons. The number of hydrogen-bond donors (Lipinski definition) is 5. The third-order valence-electron chi connectivity index (χ3n) is 12.2. The van der Waals surface area contributed by atoms with Crippen LogP contribution in [-0.2, 0) is 28.7 Å². The highest BCUT2D eigenvalue weighted by atomic mass is 16.6. The van der Waals surface area contributed by atoms with Crippen molar-refractivity contribution in [2.24, 2.45) is 57.7 Å². The molecule has 0 aromatic heterocycles. The van der Waals surface area contributed by atoms with Crippen LogP contribution in [0.3, 0.4) is 0 Å². The van der Waals surface area contributed by atoms with Crippen molar-refractivity contribution < 1.29 is 54.2 Å². The minimum atomic E-state index is -0.833. The number of carbonyl (C=O) groups excluding carboxylic acids is 2. The van der Waals surface area contributed by atoms with Crippen LogP contribution in [0.15, 0.2) is 0 Å². The van der Waals surface area contributed by atoms with Gasteiger partial charge in [-0.1, -0.05) is 40.5 Å². The number of rotatable bonds is 0. The van der Waals surface area contributed by atoms with Crippen LogP contribution in [0.1, 0.15) is 106 Å². The first-order valence-electron chi connectivity index (χ1n) is 16.6. The fraction of sp³-hybridized carbons (Fsp3) is 0.806. The maximum atomic E-state index is 13.5. The lowest BCUT2D eigenvalue weighted by Gasteiger charge is -2.61. The van der Waals surface area contributed by atoms with E-state index in [4.69, 9.17) is 39.5 Å². The first kappa shape index (κ1) is 42.1. The van der Waals surface area contributed by atoms with E-state index in [1.165, 1.54) is 12.8 Å². The number of Topliss-reactive ketones (excluding diaryl/α,β-unsaturated/α-hetero) is 1. The molecule has 0 amide bonds. The van der Waals surface area contributed by atoms with Crippen molar-refractivity contribution in [2.75, 3.05) is 7.11 Å². The van der Waals surface area contributed by atoms with Crippen molar-refractivity contribution in [3.63, 3.8) is 0 Å². The quantitative estimate of drug-likeness (QED) is 0.174. The average Bonchev–Trinajstić information content (AvgIpc) is 3.46. The molecule has 1 saturated heterocycles. The van der Waals surface area contributed by atoms with Crippen molar-refractivity contribution in [3.05, 3.63) is 0 Å². The summed E-state index contributed by atoms with van der Waals surface area (Å²) >= 11 is 0. The predicted octanol–water partition coefficient (Wildman–Crippen LogP) is 4.90. The summed E-state index contributed by atoms with van der Waals surface area (Å²) in [7, 11) is 1.00. The number of carboxylic acid groups (broad SMARTS) is 3. The molecule has 47 heavy (non-hydrogen) atoms. The highest BCUT2D eigenvalue weighted by molar-refractivity contribution is 5.87. The zero-order valence-electron chi connectivity index (χ0n) is 29.4. The number of aliphatic carboxylic acids is 3. The number of aliphatic hydroxyl groups excluding tert-OH is 2. The Hall–Kier alpha value is -2.97. The lowest BCUT2D eigenvalue weighted by molar-refractivity contribution is -0.180. The number of terminal acetylenes is 1. The molecule has 6 rings (SSSR count). The molecule has 268 valence electrons. The molecule has 1 aliphatic heterocycles. The largest absolute Gasteiger partial charge is 0.481 e. The second-order valence-corrected chi connectivity index (χ2v) is 14.8. The van der Waals surface area contributed by atoms with Crippen LogP contribution in [0.25, 0.3) is 0 Å². The number of fused-ring (bicyclic) bond motifs is 9. The first-order valence-corrected chi connectivity index (χ1v) is 16.6. The second-order valence-electron chi connectivity index (χ2n) is 14.8. The monoisotopic (exact) mass is 666 g/mol. The Kier molecular flexibility index (Phi) is 15.1. The number of esters is 1. The molecule has 0 spiro atoms. The van der Waals surface area contributed by atoms with Crippen LogP contribution in [0.5, 0.6) is 0 Å². The number of carbonyl (C=O) groups is 5. The highest BCUT2D eigenvalue weighted by Gasteiger charge is 2.71. The van der Waals surface area contributed by atoms with Gasteiger partial charge in [0.2, 0.25) is 0 Å². The fourth-order valence-electron chi connectivity index (χ4n) is 10.8. The van der Waals surface area contributed by atoms with Crippen molar-refractivity contribution in [1.29, 1.82) is 0 Å². The minimum Gasteiger partial charge on any atom is -0.481 e. The van der Waals surface area contributed by atoms with E-state index in [2.05, 4.69) is 40.5 Å². The lowest BCUT2D eigenvalue weighted by Crippen LogP contribution is -2.62. The highest BCUT2D eigenvalue weighted by Crippen LogP contribution is 2.73. The standard InChI is InChI=1S/C27H40O4.3C2H4O2.C2H2.CH4O/c1-14-11-19-27(4,13-20(28)31-19)18-12-17-21-15(8-10-26(17,3)22(14)18)25(2)9-6-5-7-16(25)23(29)24(21)30;3*1-2(3)4;2*1-2/h14-19,21-22,24,30H,5-13H2,1-4H3;3*1H3,(H,3,4);1-2H;2H,1H3/t14-,15?,16?,17?,18?,19+,21?,22?,24-,25-,26+,27-;;;;;/m1...../s1. The predicted molar refractivity (Wildman–Crippen MR) is 175 cm³/mol. The second kappa shape index (κ2) is 16.9. The molecule has 0 aromatic rings. The summed E-state index contributed by atoms with van der Waals surface area (Å²) in [5, 5.41) is 40.7. The van der Waals surface area contributed by atoms with Gasteiger partial charge in [-0.2, -0.15) is 0 Å². The molecule has 12 atom stereocenters. The third-order valence-corrected chi connectivity index (χ3v) is 12.2. The minimum absolute atomic E-state index is 0.0244. The average molecular weight is 667 g/mol. The molecule has 0 aromatic carbocycles. The van der Waals surface area contributed by atoms with Gasteiger partial charge in [-0.25, -0.2) is 0 Å². The van der Waals surface area contributed by atoms with Crippen LogP contribution in [-0.4, -0.2) is 74.5 Å². The van der Waals surface area contributed by atoms with E-state index in [1.807, 2.05) is 0 Å². The normalized spacial score (nSPS) is 41.6. The first-order chi connectivity index (χ1) is 21.8. The third kappa shape index (κ3) is 8.55. The Morgan fingerprint density at radius 1 is 0.766 bits per heavy atom. The number of hydrogen-bond acceptors (Lipinski definition) is 8. The van der Waals surface area contributed by atoms with E-state index in [-0.39, 0.29) is 45.9 Å². The Morgan fingerprint density at radius 2 is 1.28 bits per heavy atom. The molecule has 6 unspecified atom stereocenters. The molecule has 6 fully saturated rings. The van der Waals surface area contributed by atoms with Gasteiger partial charge in [0.25, 0.3) is 17.9 Å². The number of ketones is 1. The van der Waals surface area contributed by atoms with Crippen LogP contribution >= 0.6 is 0 Å². The Morgan fingerprint density at radius 3 is 1.79 bits per heavy atom. The van der Waals surface area contributed by atoms with Crippen molar-refractivity contribution in [3.8, 4) is 12.8 Å². The van der Waals surface area contributed by atoms with Crippen LogP contribution in [0.4, 0.5) is 0 Å². The van der Waals surface area contributed by atoms with Gasteiger partial charge in [0.15, 0.2) is 5.78 Å². The molecular formula is C36H58O11. The zero-order chi connectivity index (χ0) is 36.7. The number of carboxylic acids is 3. The smallest absolute Gasteiger partial charge is 0.306 e. The number of aliphatic hydroxyl groups is 2. The fourth-order valence-corrected chi connectivity index (χ4v) is 10.8. The van der Waals surface area contributed by atoms with E-state index in [0.717, 1.165) is 66.4 Å². The van der Waals surface area contributed by atoms with Gasteiger partial charge in [0, 0.05) is 39.2 Å².